The highest BCUT2D eigenvalue weighted by Gasteiger charge is 2.29. The summed E-state index contributed by atoms with van der Waals surface area (Å²) in [6.07, 6.45) is 6.47. The minimum absolute atomic E-state index is 0.231. The van der Waals surface area contributed by atoms with Gasteiger partial charge in [-0.05, 0) is 65.4 Å². The van der Waals surface area contributed by atoms with E-state index in [1.807, 2.05) is 0 Å². The fourth-order valence-electron chi connectivity index (χ4n) is 7.64. The maximum absolute atomic E-state index is 2.36. The van der Waals surface area contributed by atoms with Crippen molar-refractivity contribution in [2.24, 2.45) is 0 Å². The monoisotopic (exact) mass is 650 g/mol. The summed E-state index contributed by atoms with van der Waals surface area (Å²) in [7, 11) is 0. The molecule has 0 spiro atoms. The summed E-state index contributed by atoms with van der Waals surface area (Å²) in [6, 6.07) is 49.9. The summed E-state index contributed by atoms with van der Waals surface area (Å²) in [6.45, 7) is 12.0. The summed E-state index contributed by atoms with van der Waals surface area (Å²) in [5, 5.41) is 0. The van der Waals surface area contributed by atoms with E-state index in [9.17, 15) is 0 Å². The highest BCUT2D eigenvalue weighted by molar-refractivity contribution is 5.84. The maximum atomic E-state index is 2.36. The van der Waals surface area contributed by atoms with Gasteiger partial charge in [0.1, 0.15) is 0 Å². The van der Waals surface area contributed by atoms with E-state index in [1.54, 1.807) is 0 Å². The Labute approximate surface area is 296 Å². The first-order chi connectivity index (χ1) is 24.3. The van der Waals surface area contributed by atoms with Gasteiger partial charge < -0.3 is 0 Å². The summed E-state index contributed by atoms with van der Waals surface area (Å²) < 4.78 is 6.95. The highest BCUT2D eigenvalue weighted by Crippen LogP contribution is 2.36. The molecule has 50 heavy (non-hydrogen) atoms. The van der Waals surface area contributed by atoms with E-state index in [4.69, 9.17) is 0 Å². The molecule has 3 nitrogen and oxygen atoms in total. The van der Waals surface area contributed by atoms with Crippen LogP contribution in [0.5, 0.6) is 0 Å². The lowest BCUT2D eigenvalue weighted by atomic mass is 9.85. The molecule has 3 aliphatic heterocycles. The van der Waals surface area contributed by atoms with Crippen molar-refractivity contribution in [3.63, 3.8) is 0 Å². The van der Waals surface area contributed by atoms with Crippen LogP contribution in [0.1, 0.15) is 48.6 Å². The van der Waals surface area contributed by atoms with Crippen LogP contribution >= 0.6 is 0 Å². The zero-order chi connectivity index (χ0) is 34.2. The fourth-order valence-corrected chi connectivity index (χ4v) is 7.64. The molecular weight excluding hydrogens is 607 g/mol. The molecule has 3 aromatic heterocycles. The molecule has 3 heteroatoms. The standard InChI is InChI=1S/C18H14N.C16H18N.C13H12N/c1-2-7-14(8-3-1)16-10-6-9-15-13-19-12-5-4-11-17(19)18(15)16;1-16(2,3)13-7-8-14-12(10-13)11-17-9-5-4-6-15(14)17;1-10-5-4-8-14-9-11-6-2-3-7-12(11)13(10)14/h1-12H,13H2;4-10H,11H2,1-3H3;2-8H,9H2,1H3/q3*+1. The Balaban J connectivity index is 0.000000110. The second-order valence-electron chi connectivity index (χ2n) is 14.6. The van der Waals surface area contributed by atoms with Gasteiger partial charge in [0, 0.05) is 52.6 Å². The first-order valence-electron chi connectivity index (χ1n) is 17.7. The molecule has 0 saturated carbocycles. The molecule has 10 rings (SSSR count). The lowest BCUT2D eigenvalue weighted by Crippen LogP contribution is -2.32. The van der Waals surface area contributed by atoms with Crippen molar-refractivity contribution < 1.29 is 13.7 Å². The topological polar surface area (TPSA) is 11.6 Å². The van der Waals surface area contributed by atoms with Crippen LogP contribution in [-0.2, 0) is 25.0 Å². The van der Waals surface area contributed by atoms with E-state index in [2.05, 4.69) is 200 Å². The van der Waals surface area contributed by atoms with E-state index in [1.165, 1.54) is 72.7 Å². The van der Waals surface area contributed by atoms with Crippen LogP contribution in [0, 0.1) is 6.92 Å². The Kier molecular flexibility index (Phi) is 8.20. The van der Waals surface area contributed by atoms with Gasteiger partial charge in [-0.2, -0.15) is 13.7 Å². The summed E-state index contributed by atoms with van der Waals surface area (Å²) >= 11 is 0. The first kappa shape index (κ1) is 31.6. The molecule has 0 N–H and O–H groups in total. The second-order valence-corrected chi connectivity index (χ2v) is 14.6. The average molecular weight is 651 g/mol. The van der Waals surface area contributed by atoms with Crippen LogP contribution in [0.15, 0.2) is 158 Å². The fraction of sp³-hybridized carbons (Fsp3) is 0.170. The van der Waals surface area contributed by atoms with Crippen molar-refractivity contribution in [1.29, 1.82) is 0 Å². The molecular formula is C47H44N3+3. The van der Waals surface area contributed by atoms with E-state index < -0.39 is 0 Å². The molecule has 0 unspecified atom stereocenters. The van der Waals surface area contributed by atoms with Crippen molar-refractivity contribution in [2.45, 2.75) is 52.7 Å². The van der Waals surface area contributed by atoms with Crippen LogP contribution in [0.4, 0.5) is 0 Å². The van der Waals surface area contributed by atoms with Crippen molar-refractivity contribution in [3.05, 3.63) is 186 Å². The van der Waals surface area contributed by atoms with Gasteiger partial charge in [0.25, 0.3) is 0 Å². The lowest BCUT2D eigenvalue weighted by molar-refractivity contribution is -0.672. The quantitative estimate of drug-likeness (QED) is 0.157. The van der Waals surface area contributed by atoms with Crippen molar-refractivity contribution in [3.8, 4) is 44.9 Å². The third kappa shape index (κ3) is 5.94. The molecule has 0 atom stereocenters. The van der Waals surface area contributed by atoms with Gasteiger partial charge >= 0.3 is 0 Å². The van der Waals surface area contributed by atoms with Gasteiger partial charge in [-0.1, -0.05) is 93.6 Å². The number of fused-ring (bicyclic) bond motifs is 9. The van der Waals surface area contributed by atoms with E-state index in [-0.39, 0.29) is 5.41 Å². The third-order valence-corrected chi connectivity index (χ3v) is 10.2. The van der Waals surface area contributed by atoms with Crippen molar-refractivity contribution in [2.75, 3.05) is 0 Å². The van der Waals surface area contributed by atoms with E-state index in [0.29, 0.717) is 0 Å². The minimum Gasteiger partial charge on any atom is -0.194 e. The molecule has 6 heterocycles. The van der Waals surface area contributed by atoms with Gasteiger partial charge in [0.15, 0.2) is 38.2 Å². The number of hydrogen-bond donors (Lipinski definition) is 0. The Bertz CT molecular complexity index is 2350. The van der Waals surface area contributed by atoms with Crippen molar-refractivity contribution >= 4 is 0 Å². The van der Waals surface area contributed by atoms with Gasteiger partial charge in [-0.3, -0.25) is 0 Å². The van der Waals surface area contributed by atoms with Gasteiger partial charge in [-0.25, -0.2) is 0 Å². The summed E-state index contributed by atoms with van der Waals surface area (Å²) in [5.41, 5.74) is 18.1. The normalized spacial score (nSPS) is 12.6. The number of nitrogens with zero attached hydrogens (tertiary/aromatic N) is 3. The van der Waals surface area contributed by atoms with Gasteiger partial charge in [0.2, 0.25) is 17.1 Å². The van der Waals surface area contributed by atoms with E-state index in [0.717, 1.165) is 19.6 Å². The summed E-state index contributed by atoms with van der Waals surface area (Å²) in [5.74, 6) is 0. The average Bonchev–Trinajstić information content (AvgIpc) is 3.83. The molecule has 0 saturated heterocycles. The van der Waals surface area contributed by atoms with Crippen LogP contribution in [-0.4, -0.2) is 0 Å². The second kappa shape index (κ2) is 13.0. The number of benzene rings is 4. The predicted molar refractivity (Wildman–Crippen MR) is 202 cm³/mol. The molecule has 0 amide bonds. The molecule has 0 fully saturated rings. The smallest absolute Gasteiger partial charge is 0.194 e. The maximum Gasteiger partial charge on any atom is 0.216 e. The predicted octanol–water partition coefficient (Wildman–Crippen LogP) is 9.28. The minimum atomic E-state index is 0.231. The first-order valence-corrected chi connectivity index (χ1v) is 17.7. The van der Waals surface area contributed by atoms with E-state index >= 15 is 0 Å². The zero-order valence-electron chi connectivity index (χ0n) is 29.5. The van der Waals surface area contributed by atoms with Crippen LogP contribution in [0.25, 0.3) is 44.9 Å². The Hall–Kier alpha value is -5.67. The molecule has 0 bridgehead atoms. The third-order valence-electron chi connectivity index (χ3n) is 10.2. The molecule has 244 valence electrons. The zero-order valence-corrected chi connectivity index (χ0v) is 29.5. The van der Waals surface area contributed by atoms with Crippen LogP contribution < -0.4 is 13.7 Å². The summed E-state index contributed by atoms with van der Waals surface area (Å²) in [4.78, 5) is 0. The Morgan fingerprint density at radius 1 is 0.460 bits per heavy atom. The molecule has 0 radical (unpaired) electrons. The number of aryl methyl sites for hydroxylation is 1. The van der Waals surface area contributed by atoms with Crippen LogP contribution in [0.3, 0.4) is 0 Å². The number of pyridine rings is 3. The Morgan fingerprint density at radius 3 is 1.88 bits per heavy atom. The number of aromatic nitrogens is 3. The largest absolute Gasteiger partial charge is 0.216 e. The lowest BCUT2D eigenvalue weighted by Gasteiger charge is -2.19. The number of hydrogen-bond acceptors (Lipinski definition) is 0. The molecule has 7 aromatic rings. The van der Waals surface area contributed by atoms with Crippen LogP contribution in [0.2, 0.25) is 0 Å². The molecule has 3 aliphatic rings. The van der Waals surface area contributed by atoms with Gasteiger partial charge in [-0.15, -0.1) is 0 Å². The molecule has 4 aromatic carbocycles. The number of rotatable bonds is 1. The van der Waals surface area contributed by atoms with Gasteiger partial charge in [0.05, 0.1) is 16.7 Å². The molecule has 0 aliphatic carbocycles. The SMILES string of the molecule is CC(C)(C)c1ccc2c(c1)C[n+]1ccccc1-2.Cc1ccc[n+]2c1-c1ccccc1C2.c1ccc(-c2cccc3c2-c2cccc[n+]2C3)cc1. The Morgan fingerprint density at radius 2 is 1.08 bits per heavy atom. The highest BCUT2D eigenvalue weighted by atomic mass is 15.0. The van der Waals surface area contributed by atoms with Crippen molar-refractivity contribution in [1.82, 2.24) is 0 Å².